The number of benzene rings is 2. The van der Waals surface area contributed by atoms with Crippen LogP contribution in [-0.4, -0.2) is 53.9 Å². The van der Waals surface area contributed by atoms with Gasteiger partial charge < -0.3 is 36.1 Å². The molecular weight excluding hydrogens is 769 g/mol. The number of aromatic carboxylic acids is 1. The molecule has 0 unspecified atom stereocenters. The van der Waals surface area contributed by atoms with Crippen LogP contribution in [0.3, 0.4) is 0 Å². The first-order chi connectivity index (χ1) is 26.1. The first-order valence-electron chi connectivity index (χ1n) is 18.0. The van der Waals surface area contributed by atoms with Gasteiger partial charge in [-0.15, -0.1) is 0 Å². The number of hydrogen-bond acceptors (Lipinski definition) is 12. The van der Waals surface area contributed by atoms with E-state index in [1.165, 1.54) is 0 Å². The summed E-state index contributed by atoms with van der Waals surface area (Å²) in [6, 6.07) is 13.7. The Kier molecular flexibility index (Phi) is 18.2. The van der Waals surface area contributed by atoms with E-state index in [-0.39, 0.29) is 50.7 Å². The summed E-state index contributed by atoms with van der Waals surface area (Å²) in [5.74, 6) is 2.43. The monoisotopic (exact) mass is 822 g/mol. The fraction of sp³-hybridized carbons (Fsp3) is 0.400. The molecule has 2 aromatic heterocycles. The highest BCUT2D eigenvalue weighted by Gasteiger charge is 2.27. The van der Waals surface area contributed by atoms with Crippen LogP contribution in [-0.2, 0) is 4.84 Å². The number of carbonyl (C=O) groups excluding carboxylic acids is 1. The smallest absolute Gasteiger partial charge is 0.365 e. The van der Waals surface area contributed by atoms with E-state index >= 15 is 0 Å². The second-order valence-electron chi connectivity index (χ2n) is 13.6. The number of nitrogens with two attached hydrogens (primary N) is 2. The number of ether oxygens (including phenoxy) is 2. The van der Waals surface area contributed by atoms with E-state index in [0.717, 1.165) is 59.3 Å². The predicted molar refractivity (Wildman–Crippen MR) is 227 cm³/mol. The molecule has 0 bridgehead atoms. The molecule has 2 atom stereocenters. The fourth-order valence-electron chi connectivity index (χ4n) is 5.02. The van der Waals surface area contributed by atoms with Gasteiger partial charge in [0, 0.05) is 34.4 Å². The number of carbonyl (C=O) groups is 2. The molecule has 0 radical (unpaired) electrons. The van der Waals surface area contributed by atoms with Crippen molar-refractivity contribution < 1.29 is 34.2 Å². The van der Waals surface area contributed by atoms with Gasteiger partial charge in [0.2, 0.25) is 11.8 Å². The average molecular weight is 823 g/mol. The fourth-order valence-corrected chi connectivity index (χ4v) is 5.02. The molecule has 2 aliphatic carbocycles. The molecular formula is C40H54N8O7S2. The Balaban J connectivity index is 0.000000332. The third kappa shape index (κ3) is 14.2. The van der Waals surface area contributed by atoms with Crippen LogP contribution in [0.1, 0.15) is 118 Å². The number of amidine groups is 2. The molecule has 6 rings (SSSR count). The minimum absolute atomic E-state index is 0. The van der Waals surface area contributed by atoms with E-state index in [1.807, 2.05) is 67.5 Å². The van der Waals surface area contributed by atoms with Gasteiger partial charge in [0.15, 0.2) is 0 Å². The maximum Gasteiger partial charge on any atom is 0.365 e. The van der Waals surface area contributed by atoms with Gasteiger partial charge in [-0.3, -0.25) is 0 Å². The molecule has 15 nitrogen and oxygen atoms in total. The highest BCUT2D eigenvalue weighted by molar-refractivity contribution is 7.59. The topological polar surface area (TPSA) is 231 Å². The quantitative estimate of drug-likeness (QED) is 0.0393. The number of oxime groups is 2. The number of nitrogens with zero attached hydrogens (tertiary/aromatic N) is 6. The summed E-state index contributed by atoms with van der Waals surface area (Å²) < 4.78 is 11.9. The molecule has 0 amide bonds. The Morgan fingerprint density at radius 3 is 1.40 bits per heavy atom. The van der Waals surface area contributed by atoms with Gasteiger partial charge in [-0.25, -0.2) is 19.6 Å². The summed E-state index contributed by atoms with van der Waals surface area (Å²) in [6.45, 7) is 15.2. The summed E-state index contributed by atoms with van der Waals surface area (Å²) in [5.41, 5.74) is 17.0. The van der Waals surface area contributed by atoms with Crippen molar-refractivity contribution in [3.63, 3.8) is 0 Å². The van der Waals surface area contributed by atoms with Gasteiger partial charge in [-0.05, 0) is 116 Å². The first-order valence-corrected chi connectivity index (χ1v) is 18.0. The SMILES string of the molecule is Cc1nc(C)c(C)c(O[C@@H](C)c2ccc(C(=O)O)cc2)n1.Cc1nc(C)c(C)c(O[C@@H](C)c2ccc(C(=O)O/N=C(\N)C3CC3)cc2)n1.N/C(=N\O)C1CC1.S.S. The number of rotatable bonds is 11. The molecule has 4 aromatic rings. The third-order valence-corrected chi connectivity index (χ3v) is 9.07. The Hall–Kier alpha value is -5.42. The van der Waals surface area contributed by atoms with Crippen LogP contribution < -0.4 is 20.9 Å². The summed E-state index contributed by atoms with van der Waals surface area (Å²) >= 11 is 0. The van der Waals surface area contributed by atoms with Gasteiger partial charge in [-0.2, -0.15) is 37.0 Å². The van der Waals surface area contributed by atoms with Crippen molar-refractivity contribution in [1.82, 2.24) is 19.9 Å². The van der Waals surface area contributed by atoms with Crippen molar-refractivity contribution >= 4 is 50.6 Å². The van der Waals surface area contributed by atoms with Crippen molar-refractivity contribution in [3.8, 4) is 11.8 Å². The number of aromatic nitrogens is 4. The number of hydrogen-bond donors (Lipinski definition) is 4. The molecule has 57 heavy (non-hydrogen) atoms. The van der Waals surface area contributed by atoms with Crippen molar-refractivity contribution in [3.05, 3.63) is 105 Å². The van der Waals surface area contributed by atoms with Gasteiger partial charge in [0.25, 0.3) is 0 Å². The second kappa shape index (κ2) is 21.8. The van der Waals surface area contributed by atoms with Crippen LogP contribution in [0.15, 0.2) is 58.8 Å². The standard InChI is InChI=1S/C20H24N4O3.C16H18N2O3.C4H8N2O.2H2S/c1-11-12(2)22-14(4)23-19(11)26-13(3)15-5-9-17(10-6-15)20(25)27-24-18(21)16-7-8-16;1-9-10(2)17-12(4)18-15(9)21-11(3)13-5-7-14(8-6-13)16(19)20;5-4(6-7)3-1-2-3;;/h5-6,9-10,13,16H,7-8H2,1-4H3,(H2,21,24);5-8,11H,1-4H3,(H,19,20);3,7H,1-2H2,(H2,5,6);2*1H2/t13-;11-;;;/m00.../s1. The molecule has 2 aliphatic rings. The van der Waals surface area contributed by atoms with E-state index in [1.54, 1.807) is 36.4 Å². The summed E-state index contributed by atoms with van der Waals surface area (Å²) in [4.78, 5) is 45.1. The largest absolute Gasteiger partial charge is 0.478 e. The lowest BCUT2D eigenvalue weighted by atomic mass is 10.1. The Bertz CT molecular complexity index is 2040. The Morgan fingerprint density at radius 2 is 1.05 bits per heavy atom. The van der Waals surface area contributed by atoms with Crippen molar-refractivity contribution in [2.45, 2.75) is 93.3 Å². The molecule has 0 saturated heterocycles. The molecule has 0 aliphatic heterocycles. The van der Waals surface area contributed by atoms with Crippen molar-refractivity contribution in [2.75, 3.05) is 0 Å². The van der Waals surface area contributed by atoms with Crippen LogP contribution >= 0.6 is 27.0 Å². The number of carboxylic acids is 1. The van der Waals surface area contributed by atoms with Crippen LogP contribution in [0, 0.1) is 53.4 Å². The van der Waals surface area contributed by atoms with Gasteiger partial charge in [0.1, 0.15) is 35.5 Å². The van der Waals surface area contributed by atoms with Gasteiger partial charge >= 0.3 is 11.9 Å². The van der Waals surface area contributed by atoms with Gasteiger partial charge in [0.05, 0.1) is 11.1 Å². The predicted octanol–water partition coefficient (Wildman–Crippen LogP) is 6.99. The van der Waals surface area contributed by atoms with E-state index in [2.05, 4.69) is 30.2 Å². The molecule has 308 valence electrons. The summed E-state index contributed by atoms with van der Waals surface area (Å²) in [7, 11) is 0. The molecule has 6 N–H and O–H groups in total. The second-order valence-corrected chi connectivity index (χ2v) is 13.6. The van der Waals surface area contributed by atoms with E-state index in [9.17, 15) is 9.59 Å². The van der Waals surface area contributed by atoms with Crippen LogP contribution in [0.25, 0.3) is 0 Å². The van der Waals surface area contributed by atoms with Crippen LogP contribution in [0.4, 0.5) is 0 Å². The van der Waals surface area contributed by atoms with Gasteiger partial charge in [-0.1, -0.05) is 34.6 Å². The lowest BCUT2D eigenvalue weighted by molar-refractivity contribution is 0.0513. The van der Waals surface area contributed by atoms with E-state index < -0.39 is 11.9 Å². The summed E-state index contributed by atoms with van der Waals surface area (Å²) in [5, 5.41) is 23.5. The normalized spacial score (nSPS) is 14.5. The van der Waals surface area contributed by atoms with E-state index in [4.69, 9.17) is 36.1 Å². The van der Waals surface area contributed by atoms with Crippen molar-refractivity contribution in [1.29, 1.82) is 0 Å². The number of aryl methyl sites for hydroxylation is 4. The lowest BCUT2D eigenvalue weighted by Crippen LogP contribution is -2.15. The average Bonchev–Trinajstić information content (AvgIpc) is 4.09. The van der Waals surface area contributed by atoms with E-state index in [0.29, 0.717) is 46.6 Å². The summed E-state index contributed by atoms with van der Waals surface area (Å²) in [6.07, 6.45) is 3.74. The first kappa shape index (κ1) is 47.7. The highest BCUT2D eigenvalue weighted by Crippen LogP contribution is 2.30. The minimum atomic E-state index is -0.937. The molecule has 17 heteroatoms. The minimum Gasteiger partial charge on any atom is -0.478 e. The zero-order chi connectivity index (χ0) is 40.4. The Morgan fingerprint density at radius 1 is 0.667 bits per heavy atom. The van der Waals surface area contributed by atoms with Crippen LogP contribution in [0.5, 0.6) is 11.8 Å². The molecule has 2 saturated carbocycles. The lowest BCUT2D eigenvalue weighted by Gasteiger charge is -2.17. The molecule has 0 spiro atoms. The molecule has 2 aromatic carbocycles. The maximum atomic E-state index is 12.1. The van der Waals surface area contributed by atoms with Crippen LogP contribution in [0.2, 0.25) is 0 Å². The van der Waals surface area contributed by atoms with Crippen molar-refractivity contribution in [2.24, 2.45) is 33.6 Å². The zero-order valence-corrected chi connectivity index (χ0v) is 35.5. The Labute approximate surface area is 347 Å². The maximum absolute atomic E-state index is 12.1. The molecule has 2 fully saturated rings. The number of carboxylic acid groups (broad SMARTS) is 1. The zero-order valence-electron chi connectivity index (χ0n) is 33.5. The third-order valence-electron chi connectivity index (χ3n) is 9.07. The molecule has 2 heterocycles. The highest BCUT2D eigenvalue weighted by atomic mass is 32.1.